The molecule has 0 heterocycles. The number of rotatable bonds is 5. The number of hydrogen-bond donors (Lipinski definition) is 1. The second-order valence-electron chi connectivity index (χ2n) is 4.59. The maximum atomic E-state index is 12.7. The van der Waals surface area contributed by atoms with Crippen LogP contribution < -0.4 is 9.46 Å². The van der Waals surface area contributed by atoms with Crippen LogP contribution in [0, 0.1) is 0 Å². The third-order valence-corrected chi connectivity index (χ3v) is 4.25. The van der Waals surface area contributed by atoms with Crippen LogP contribution in [0.4, 0.5) is 18.9 Å². The summed E-state index contributed by atoms with van der Waals surface area (Å²) in [6.45, 7) is 2.18. The Kier molecular flexibility index (Phi) is 4.84. The molecule has 0 aromatic heterocycles. The van der Waals surface area contributed by atoms with Crippen LogP contribution in [-0.4, -0.2) is 15.0 Å². The summed E-state index contributed by atoms with van der Waals surface area (Å²) in [6, 6.07) is 9.71. The molecule has 124 valence electrons. The van der Waals surface area contributed by atoms with Crippen molar-refractivity contribution in [2.75, 3.05) is 11.3 Å². The van der Waals surface area contributed by atoms with E-state index in [2.05, 4.69) is 4.72 Å². The summed E-state index contributed by atoms with van der Waals surface area (Å²) in [6.07, 6.45) is -4.61. The number of hydrogen-bond acceptors (Lipinski definition) is 3. The number of ether oxygens (including phenoxy) is 1. The van der Waals surface area contributed by atoms with E-state index >= 15 is 0 Å². The Morgan fingerprint density at radius 3 is 2.43 bits per heavy atom. The van der Waals surface area contributed by atoms with Gasteiger partial charge in [-0.3, -0.25) is 4.72 Å². The first kappa shape index (κ1) is 17.1. The van der Waals surface area contributed by atoms with Crippen LogP contribution in [0.2, 0.25) is 0 Å². The number of sulfonamides is 1. The van der Waals surface area contributed by atoms with Gasteiger partial charge in [0.2, 0.25) is 0 Å². The van der Waals surface area contributed by atoms with Gasteiger partial charge in [0.25, 0.3) is 10.0 Å². The Hall–Kier alpha value is -2.22. The van der Waals surface area contributed by atoms with Gasteiger partial charge >= 0.3 is 6.18 Å². The zero-order valence-electron chi connectivity index (χ0n) is 12.1. The van der Waals surface area contributed by atoms with Gasteiger partial charge in [0.1, 0.15) is 5.75 Å². The molecular weight excluding hydrogens is 331 g/mol. The maximum absolute atomic E-state index is 12.7. The standard InChI is InChI=1S/C15H14F3NO3S/c1-2-22-13-7-4-6-12(10-13)19-23(20,21)14-8-3-5-11(9-14)15(16,17)18/h3-10,19H,2H2,1H3. The molecule has 0 atom stereocenters. The van der Waals surface area contributed by atoms with E-state index in [-0.39, 0.29) is 5.69 Å². The van der Waals surface area contributed by atoms with Gasteiger partial charge in [0, 0.05) is 6.07 Å². The maximum Gasteiger partial charge on any atom is 0.416 e. The van der Waals surface area contributed by atoms with E-state index < -0.39 is 26.7 Å². The van der Waals surface area contributed by atoms with Crippen LogP contribution in [0.1, 0.15) is 12.5 Å². The molecule has 0 unspecified atom stereocenters. The van der Waals surface area contributed by atoms with Crippen LogP contribution in [0.3, 0.4) is 0 Å². The van der Waals surface area contributed by atoms with Crippen molar-refractivity contribution < 1.29 is 26.3 Å². The summed E-state index contributed by atoms with van der Waals surface area (Å²) >= 11 is 0. The normalized spacial score (nSPS) is 12.0. The van der Waals surface area contributed by atoms with Gasteiger partial charge in [-0.15, -0.1) is 0 Å². The molecule has 4 nitrogen and oxygen atoms in total. The molecule has 8 heteroatoms. The lowest BCUT2D eigenvalue weighted by molar-refractivity contribution is -0.137. The molecule has 0 aliphatic rings. The first-order chi connectivity index (χ1) is 10.7. The van der Waals surface area contributed by atoms with E-state index in [1.54, 1.807) is 19.1 Å². The van der Waals surface area contributed by atoms with Gasteiger partial charge in [-0.1, -0.05) is 12.1 Å². The minimum atomic E-state index is -4.61. The van der Waals surface area contributed by atoms with Crippen molar-refractivity contribution in [3.63, 3.8) is 0 Å². The molecule has 0 fully saturated rings. The van der Waals surface area contributed by atoms with Crippen molar-refractivity contribution >= 4 is 15.7 Å². The van der Waals surface area contributed by atoms with Gasteiger partial charge in [-0.2, -0.15) is 13.2 Å². The second-order valence-corrected chi connectivity index (χ2v) is 6.27. The molecule has 2 rings (SSSR count). The molecule has 23 heavy (non-hydrogen) atoms. The molecule has 2 aromatic carbocycles. The lowest BCUT2D eigenvalue weighted by Crippen LogP contribution is -2.14. The second kappa shape index (κ2) is 6.49. The number of anilines is 1. The van der Waals surface area contributed by atoms with E-state index in [0.717, 1.165) is 18.2 Å². The molecule has 0 spiro atoms. The fourth-order valence-corrected chi connectivity index (χ4v) is 2.96. The van der Waals surface area contributed by atoms with Crippen molar-refractivity contribution in [2.45, 2.75) is 18.0 Å². The monoisotopic (exact) mass is 345 g/mol. The summed E-state index contributed by atoms with van der Waals surface area (Å²) in [5.41, 5.74) is -0.822. The Balaban J connectivity index is 2.31. The van der Waals surface area contributed by atoms with Gasteiger partial charge in [0.05, 0.1) is 22.8 Å². The fourth-order valence-electron chi connectivity index (χ4n) is 1.87. The molecule has 0 radical (unpaired) electrons. The van der Waals surface area contributed by atoms with Crippen molar-refractivity contribution in [2.24, 2.45) is 0 Å². The highest BCUT2D eigenvalue weighted by molar-refractivity contribution is 7.92. The topological polar surface area (TPSA) is 55.4 Å². The van der Waals surface area contributed by atoms with Crippen molar-refractivity contribution in [3.8, 4) is 5.75 Å². The SMILES string of the molecule is CCOc1cccc(NS(=O)(=O)c2cccc(C(F)(F)F)c2)c1. The largest absolute Gasteiger partial charge is 0.494 e. The summed E-state index contributed by atoms with van der Waals surface area (Å²) in [4.78, 5) is -0.464. The zero-order valence-corrected chi connectivity index (χ0v) is 12.9. The van der Waals surface area contributed by atoms with E-state index in [0.29, 0.717) is 18.4 Å². The number of benzene rings is 2. The molecule has 1 N–H and O–H groups in total. The Morgan fingerprint density at radius 2 is 1.78 bits per heavy atom. The summed E-state index contributed by atoms with van der Waals surface area (Å²) in [5.74, 6) is 0.455. The average molecular weight is 345 g/mol. The third kappa shape index (κ3) is 4.38. The highest BCUT2D eigenvalue weighted by Gasteiger charge is 2.31. The smallest absolute Gasteiger partial charge is 0.416 e. The highest BCUT2D eigenvalue weighted by Crippen LogP contribution is 2.31. The van der Waals surface area contributed by atoms with E-state index in [1.165, 1.54) is 12.1 Å². The minimum absolute atomic E-state index is 0.202. The molecule has 0 bridgehead atoms. The number of nitrogens with one attached hydrogen (secondary N) is 1. The summed E-state index contributed by atoms with van der Waals surface area (Å²) in [7, 11) is -4.13. The molecule has 0 aliphatic carbocycles. The van der Waals surface area contributed by atoms with Gasteiger partial charge < -0.3 is 4.74 Å². The van der Waals surface area contributed by atoms with Crippen LogP contribution in [0.15, 0.2) is 53.4 Å². The van der Waals surface area contributed by atoms with Crippen LogP contribution in [0.5, 0.6) is 5.75 Å². The molecule has 0 saturated carbocycles. The first-order valence-electron chi connectivity index (χ1n) is 6.65. The Labute approximate surface area is 132 Å². The lowest BCUT2D eigenvalue weighted by Gasteiger charge is -2.12. The van der Waals surface area contributed by atoms with Crippen LogP contribution >= 0.6 is 0 Å². The zero-order chi connectivity index (χ0) is 17.1. The Morgan fingerprint density at radius 1 is 1.09 bits per heavy atom. The average Bonchev–Trinajstić information content (AvgIpc) is 2.47. The fraction of sp³-hybridized carbons (Fsp3) is 0.200. The summed E-state index contributed by atoms with van der Waals surface area (Å²) < 4.78 is 70.0. The van der Waals surface area contributed by atoms with Gasteiger partial charge in [-0.25, -0.2) is 8.42 Å². The van der Waals surface area contributed by atoms with Crippen molar-refractivity contribution in [3.05, 3.63) is 54.1 Å². The minimum Gasteiger partial charge on any atom is -0.494 e. The predicted octanol–water partition coefficient (Wildman–Crippen LogP) is 3.90. The predicted molar refractivity (Wildman–Crippen MR) is 79.9 cm³/mol. The van der Waals surface area contributed by atoms with E-state index in [4.69, 9.17) is 4.74 Å². The molecule has 2 aromatic rings. The third-order valence-electron chi connectivity index (χ3n) is 2.87. The molecule has 0 aliphatic heterocycles. The Bertz CT molecular complexity index is 789. The van der Waals surface area contributed by atoms with Crippen molar-refractivity contribution in [1.29, 1.82) is 0 Å². The molecule has 0 saturated heterocycles. The molecule has 0 amide bonds. The van der Waals surface area contributed by atoms with Crippen LogP contribution in [-0.2, 0) is 16.2 Å². The van der Waals surface area contributed by atoms with Gasteiger partial charge in [-0.05, 0) is 37.3 Å². The molecular formula is C15H14F3NO3S. The van der Waals surface area contributed by atoms with Crippen molar-refractivity contribution in [1.82, 2.24) is 0 Å². The first-order valence-corrected chi connectivity index (χ1v) is 8.13. The van der Waals surface area contributed by atoms with Gasteiger partial charge in [0.15, 0.2) is 0 Å². The van der Waals surface area contributed by atoms with E-state index in [9.17, 15) is 21.6 Å². The number of alkyl halides is 3. The highest BCUT2D eigenvalue weighted by atomic mass is 32.2. The quantitative estimate of drug-likeness (QED) is 0.894. The van der Waals surface area contributed by atoms with Crippen LogP contribution in [0.25, 0.3) is 0 Å². The number of halogens is 3. The lowest BCUT2D eigenvalue weighted by atomic mass is 10.2. The summed E-state index contributed by atoms with van der Waals surface area (Å²) in [5, 5.41) is 0. The van der Waals surface area contributed by atoms with E-state index in [1.807, 2.05) is 0 Å².